The Balaban J connectivity index is 1.50. The van der Waals surface area contributed by atoms with Crippen molar-refractivity contribution in [1.29, 1.82) is 0 Å². The van der Waals surface area contributed by atoms with Gasteiger partial charge in [0, 0.05) is 34.8 Å². The second kappa shape index (κ2) is 6.34. The predicted octanol–water partition coefficient (Wildman–Crippen LogP) is 2.74. The van der Waals surface area contributed by atoms with E-state index in [9.17, 15) is 5.11 Å². The number of nitrogens with one attached hydrogen (secondary N) is 2. The van der Waals surface area contributed by atoms with Gasteiger partial charge in [-0.05, 0) is 52.7 Å². The summed E-state index contributed by atoms with van der Waals surface area (Å²) in [5.41, 5.74) is 2.64. The first-order valence-corrected chi connectivity index (χ1v) is 10.3. The molecule has 0 amide bonds. The molecule has 0 bridgehead atoms. The number of halogens is 1. The van der Waals surface area contributed by atoms with Gasteiger partial charge in [-0.25, -0.2) is 4.39 Å². The summed E-state index contributed by atoms with van der Waals surface area (Å²) in [5.74, 6) is 0.824. The van der Waals surface area contributed by atoms with Crippen molar-refractivity contribution in [3.05, 3.63) is 23.8 Å². The zero-order valence-electron chi connectivity index (χ0n) is 17.6. The lowest BCUT2D eigenvalue weighted by Crippen LogP contribution is -2.69. The third-order valence-corrected chi connectivity index (χ3v) is 6.27. The average molecular weight is 411 g/mol. The van der Waals surface area contributed by atoms with E-state index >= 15 is 4.39 Å². The number of aromatic nitrogens is 5. The number of H-pyrrole nitrogens is 1. The van der Waals surface area contributed by atoms with E-state index in [1.807, 2.05) is 19.9 Å². The van der Waals surface area contributed by atoms with Crippen LogP contribution in [0.2, 0.25) is 0 Å². The normalized spacial score (nSPS) is 24.9. The van der Waals surface area contributed by atoms with Crippen LogP contribution in [-0.2, 0) is 6.42 Å². The lowest BCUT2D eigenvalue weighted by molar-refractivity contribution is 0.0555. The topological polar surface area (TPSA) is 103 Å². The molecule has 0 radical (unpaired) electrons. The summed E-state index contributed by atoms with van der Waals surface area (Å²) in [6, 6.07) is 5.00. The Morgan fingerprint density at radius 1 is 1.13 bits per heavy atom. The smallest absolute Gasteiger partial charge is 0.154 e. The van der Waals surface area contributed by atoms with Crippen LogP contribution in [0.4, 0.5) is 10.2 Å². The number of phenolic OH excluding ortho intramolecular Hbond substituents is 1. The van der Waals surface area contributed by atoms with Gasteiger partial charge in [0.25, 0.3) is 0 Å². The summed E-state index contributed by atoms with van der Waals surface area (Å²) < 4.78 is 15.4. The Hall–Kier alpha value is -2.81. The Labute approximate surface area is 173 Å². The molecule has 5 rings (SSSR count). The molecule has 1 fully saturated rings. The molecule has 0 spiro atoms. The third-order valence-electron chi connectivity index (χ3n) is 6.27. The Kier molecular flexibility index (Phi) is 4.05. The van der Waals surface area contributed by atoms with E-state index in [1.165, 1.54) is 0 Å². The number of hydrogen-bond donors (Lipinski definition) is 3. The Morgan fingerprint density at radius 2 is 1.93 bits per heavy atom. The highest BCUT2D eigenvalue weighted by molar-refractivity contribution is 5.84. The molecule has 8 nitrogen and oxygen atoms in total. The van der Waals surface area contributed by atoms with Crippen LogP contribution in [0.1, 0.15) is 39.7 Å². The van der Waals surface area contributed by atoms with E-state index in [0.717, 1.165) is 17.8 Å². The van der Waals surface area contributed by atoms with Crippen molar-refractivity contribution in [2.75, 3.05) is 11.4 Å². The SMILES string of the molecule is CC1(C)C[C@H](N2CCc3cc(-c4cc5nn[nH]c5cc4O)nnc32)[C@H](F)C(C)(C)N1. The molecule has 9 heteroatoms. The van der Waals surface area contributed by atoms with E-state index in [2.05, 4.69) is 49.7 Å². The molecule has 2 aromatic heterocycles. The second-order valence-corrected chi connectivity index (χ2v) is 9.62. The predicted molar refractivity (Wildman–Crippen MR) is 112 cm³/mol. The molecule has 0 aliphatic carbocycles. The van der Waals surface area contributed by atoms with Gasteiger partial charge in [0.1, 0.15) is 17.4 Å². The van der Waals surface area contributed by atoms with Gasteiger partial charge in [-0.1, -0.05) is 5.21 Å². The van der Waals surface area contributed by atoms with Crippen molar-refractivity contribution in [3.63, 3.8) is 0 Å². The van der Waals surface area contributed by atoms with Crippen molar-refractivity contribution in [2.45, 2.75) is 63.8 Å². The first kappa shape index (κ1) is 19.2. The maximum Gasteiger partial charge on any atom is 0.154 e. The highest BCUT2D eigenvalue weighted by Gasteiger charge is 2.49. The van der Waals surface area contributed by atoms with Crippen molar-refractivity contribution in [2.24, 2.45) is 0 Å². The Morgan fingerprint density at radius 3 is 2.73 bits per heavy atom. The number of anilines is 1. The molecule has 1 aromatic carbocycles. The molecule has 30 heavy (non-hydrogen) atoms. The van der Waals surface area contributed by atoms with Crippen LogP contribution in [0.5, 0.6) is 5.75 Å². The number of hydrogen-bond acceptors (Lipinski definition) is 7. The first-order chi connectivity index (χ1) is 14.1. The van der Waals surface area contributed by atoms with Crippen LogP contribution in [0.25, 0.3) is 22.3 Å². The van der Waals surface area contributed by atoms with Gasteiger partial charge in [0.15, 0.2) is 5.82 Å². The van der Waals surface area contributed by atoms with E-state index in [0.29, 0.717) is 35.3 Å². The van der Waals surface area contributed by atoms with E-state index < -0.39 is 11.7 Å². The van der Waals surface area contributed by atoms with Crippen LogP contribution in [0, 0.1) is 0 Å². The number of nitrogens with zero attached hydrogens (tertiary/aromatic N) is 5. The summed E-state index contributed by atoms with van der Waals surface area (Å²) in [6.45, 7) is 8.77. The molecular formula is C21H26FN7O. The number of fused-ring (bicyclic) bond motifs is 2. The van der Waals surface area contributed by atoms with Gasteiger partial charge in [-0.3, -0.25) is 5.10 Å². The molecule has 158 valence electrons. The molecule has 2 aliphatic heterocycles. The second-order valence-electron chi connectivity index (χ2n) is 9.62. The minimum absolute atomic E-state index is 0.0864. The molecule has 3 aromatic rings. The standard InChI is InChI=1S/C21H26FN7O/c1-20(2)10-16(18(22)21(3,4)27-20)29-6-5-11-7-13(23-26-19(11)29)12-8-14-15(9-17(12)30)25-28-24-14/h7-9,16,18,27,30H,5-6,10H2,1-4H3,(H,24,25,28)/t16-,18-/m0/s1. The van der Waals surface area contributed by atoms with Gasteiger partial charge in [0.2, 0.25) is 0 Å². The number of aromatic hydroxyl groups is 1. The fourth-order valence-corrected chi connectivity index (χ4v) is 5.11. The molecular weight excluding hydrogens is 385 g/mol. The van der Waals surface area contributed by atoms with E-state index in [1.54, 1.807) is 12.1 Å². The fraction of sp³-hybridized carbons (Fsp3) is 0.524. The number of alkyl halides is 1. The van der Waals surface area contributed by atoms with Crippen molar-refractivity contribution >= 4 is 16.9 Å². The fourth-order valence-electron chi connectivity index (χ4n) is 5.11. The van der Waals surface area contributed by atoms with Gasteiger partial charge in [-0.15, -0.1) is 15.3 Å². The van der Waals surface area contributed by atoms with Crippen LogP contribution in [0.3, 0.4) is 0 Å². The third kappa shape index (κ3) is 2.99. The quantitative estimate of drug-likeness (QED) is 0.596. The lowest BCUT2D eigenvalue weighted by Gasteiger charge is -2.51. The molecule has 1 saturated heterocycles. The van der Waals surface area contributed by atoms with Crippen LogP contribution in [-0.4, -0.2) is 60.6 Å². The van der Waals surface area contributed by atoms with Gasteiger partial charge in [-0.2, -0.15) is 0 Å². The maximum absolute atomic E-state index is 15.4. The molecule has 0 unspecified atom stereocenters. The van der Waals surface area contributed by atoms with Gasteiger partial charge >= 0.3 is 0 Å². The summed E-state index contributed by atoms with van der Waals surface area (Å²) in [5, 5.41) is 33.2. The van der Waals surface area contributed by atoms with Crippen LogP contribution < -0.4 is 10.2 Å². The number of benzene rings is 1. The number of rotatable bonds is 2. The summed E-state index contributed by atoms with van der Waals surface area (Å²) >= 11 is 0. The highest BCUT2D eigenvalue weighted by atomic mass is 19.1. The summed E-state index contributed by atoms with van der Waals surface area (Å²) in [6.07, 6.45) is 0.420. The van der Waals surface area contributed by atoms with Crippen molar-refractivity contribution < 1.29 is 9.50 Å². The highest BCUT2D eigenvalue weighted by Crippen LogP contribution is 2.40. The van der Waals surface area contributed by atoms with E-state index in [-0.39, 0.29) is 17.3 Å². The monoisotopic (exact) mass is 411 g/mol. The summed E-state index contributed by atoms with van der Waals surface area (Å²) in [7, 11) is 0. The van der Waals surface area contributed by atoms with Crippen LogP contribution >= 0.6 is 0 Å². The van der Waals surface area contributed by atoms with Crippen molar-refractivity contribution in [1.82, 2.24) is 30.9 Å². The minimum Gasteiger partial charge on any atom is -0.507 e. The first-order valence-electron chi connectivity index (χ1n) is 10.3. The van der Waals surface area contributed by atoms with Gasteiger partial charge in [0.05, 0.1) is 17.3 Å². The zero-order valence-corrected chi connectivity index (χ0v) is 17.6. The molecule has 2 atom stereocenters. The number of phenols is 1. The van der Waals surface area contributed by atoms with Crippen LogP contribution in [0.15, 0.2) is 18.2 Å². The molecule has 2 aliphatic rings. The maximum atomic E-state index is 15.4. The largest absolute Gasteiger partial charge is 0.507 e. The average Bonchev–Trinajstić information content (AvgIpc) is 3.28. The van der Waals surface area contributed by atoms with E-state index in [4.69, 9.17) is 0 Å². The van der Waals surface area contributed by atoms with Gasteiger partial charge < -0.3 is 15.3 Å². The summed E-state index contributed by atoms with van der Waals surface area (Å²) in [4.78, 5) is 2.07. The molecule has 3 N–H and O–H groups in total. The molecule has 4 heterocycles. The number of piperidine rings is 1. The molecule has 0 saturated carbocycles. The number of aromatic amines is 1. The lowest BCUT2D eigenvalue weighted by atomic mass is 9.77. The van der Waals surface area contributed by atoms with Crippen molar-refractivity contribution in [3.8, 4) is 17.0 Å². The Bertz CT molecular complexity index is 1130. The minimum atomic E-state index is -1.03. The zero-order chi connectivity index (χ0) is 21.3.